The highest BCUT2D eigenvalue weighted by Crippen LogP contribution is 2.55. The molecule has 4 bridgehead atoms. The molecule has 5 heteroatoms. The van der Waals surface area contributed by atoms with Gasteiger partial charge < -0.3 is 5.32 Å². The molecule has 19 heavy (non-hydrogen) atoms. The predicted octanol–water partition coefficient (Wildman–Crippen LogP) is 1.48. The molecule has 0 aliphatic heterocycles. The monoisotopic (exact) mass is 286 g/mol. The van der Waals surface area contributed by atoms with Crippen molar-refractivity contribution < 1.29 is 8.42 Å². The van der Waals surface area contributed by atoms with Crippen LogP contribution in [0.15, 0.2) is 0 Å². The summed E-state index contributed by atoms with van der Waals surface area (Å²) in [6.45, 7) is 3.38. The van der Waals surface area contributed by atoms with E-state index in [2.05, 4.69) is 10.0 Å². The van der Waals surface area contributed by atoms with Crippen molar-refractivity contribution in [3.63, 3.8) is 0 Å². The quantitative estimate of drug-likeness (QED) is 0.727. The Morgan fingerprint density at radius 2 is 1.58 bits per heavy atom. The smallest absolute Gasteiger partial charge is 0.213 e. The average Bonchev–Trinajstić information content (AvgIpc) is 2.25. The molecular weight excluding hydrogens is 260 g/mol. The van der Waals surface area contributed by atoms with Crippen LogP contribution >= 0.6 is 0 Å². The maximum Gasteiger partial charge on any atom is 0.213 e. The van der Waals surface area contributed by atoms with Crippen LogP contribution in [0.1, 0.15) is 45.4 Å². The lowest BCUT2D eigenvalue weighted by atomic mass is 9.53. The molecule has 0 aromatic heterocycles. The summed E-state index contributed by atoms with van der Waals surface area (Å²) in [4.78, 5) is 0. The zero-order valence-corrected chi connectivity index (χ0v) is 12.6. The highest BCUT2D eigenvalue weighted by atomic mass is 32.2. The second kappa shape index (κ2) is 5.01. The van der Waals surface area contributed by atoms with E-state index in [4.69, 9.17) is 0 Å². The zero-order valence-electron chi connectivity index (χ0n) is 11.8. The topological polar surface area (TPSA) is 58.2 Å². The third kappa shape index (κ3) is 2.98. The lowest BCUT2D eigenvalue weighted by Crippen LogP contribution is -2.60. The number of hydrogen-bond donors (Lipinski definition) is 2. The van der Waals surface area contributed by atoms with E-state index in [1.54, 1.807) is 0 Å². The largest absolute Gasteiger partial charge is 0.316 e. The fraction of sp³-hybridized carbons (Fsp3) is 1.00. The molecule has 4 nitrogen and oxygen atoms in total. The fourth-order valence-corrected chi connectivity index (χ4v) is 6.42. The third-order valence-corrected chi connectivity index (χ3v) is 6.69. The van der Waals surface area contributed by atoms with Gasteiger partial charge in [-0.3, -0.25) is 0 Å². The molecule has 4 rings (SSSR count). The third-order valence-electron chi connectivity index (χ3n) is 5.21. The molecule has 0 saturated heterocycles. The summed E-state index contributed by atoms with van der Waals surface area (Å²) in [6, 6.07) is 0. The van der Waals surface area contributed by atoms with Crippen molar-refractivity contribution >= 4 is 10.0 Å². The Morgan fingerprint density at radius 3 is 2.05 bits per heavy atom. The standard InChI is InChI=1S/C14H26N2O2S/c1-2-15-3-4-19(17,18)16-14-8-11-5-12(9-14)7-13(6-11)10-14/h11-13,15-16H,2-10H2,1H3. The van der Waals surface area contributed by atoms with Gasteiger partial charge in [-0.25, -0.2) is 13.1 Å². The first kappa shape index (κ1) is 13.8. The Bertz CT molecular complexity index is 397. The molecule has 110 valence electrons. The van der Waals surface area contributed by atoms with Crippen LogP contribution in [-0.4, -0.2) is 32.8 Å². The van der Waals surface area contributed by atoms with Crippen LogP contribution in [0.4, 0.5) is 0 Å². The molecule has 4 aliphatic carbocycles. The van der Waals surface area contributed by atoms with E-state index in [-0.39, 0.29) is 11.3 Å². The molecule has 4 saturated carbocycles. The highest BCUT2D eigenvalue weighted by Gasteiger charge is 2.52. The molecular formula is C14H26N2O2S. The number of rotatable bonds is 6. The molecule has 4 aliphatic rings. The van der Waals surface area contributed by atoms with Crippen LogP contribution < -0.4 is 10.0 Å². The van der Waals surface area contributed by atoms with Gasteiger partial charge in [-0.05, 0) is 62.8 Å². The number of sulfonamides is 1. The van der Waals surface area contributed by atoms with Gasteiger partial charge in [0.2, 0.25) is 10.0 Å². The molecule has 2 N–H and O–H groups in total. The first-order valence-electron chi connectivity index (χ1n) is 7.73. The predicted molar refractivity (Wildman–Crippen MR) is 76.4 cm³/mol. The molecule has 0 atom stereocenters. The Kier molecular flexibility index (Phi) is 3.65. The molecule has 0 amide bonds. The van der Waals surface area contributed by atoms with Gasteiger partial charge in [0.05, 0.1) is 5.75 Å². The first-order valence-corrected chi connectivity index (χ1v) is 9.38. The van der Waals surface area contributed by atoms with Crippen LogP contribution in [0.25, 0.3) is 0 Å². The Balaban J connectivity index is 1.65. The van der Waals surface area contributed by atoms with Gasteiger partial charge in [0, 0.05) is 12.1 Å². The van der Waals surface area contributed by atoms with Crippen molar-refractivity contribution in [2.24, 2.45) is 17.8 Å². The summed E-state index contributed by atoms with van der Waals surface area (Å²) in [5.74, 6) is 2.55. The maximum absolute atomic E-state index is 12.2. The van der Waals surface area contributed by atoms with Crippen molar-refractivity contribution in [2.45, 2.75) is 51.0 Å². The van der Waals surface area contributed by atoms with Gasteiger partial charge in [-0.15, -0.1) is 0 Å². The minimum Gasteiger partial charge on any atom is -0.316 e. The molecule has 0 radical (unpaired) electrons. The fourth-order valence-electron chi connectivity index (χ4n) is 5.00. The van der Waals surface area contributed by atoms with E-state index in [1.165, 1.54) is 19.3 Å². The summed E-state index contributed by atoms with van der Waals surface area (Å²) < 4.78 is 27.6. The van der Waals surface area contributed by atoms with Crippen LogP contribution in [0.3, 0.4) is 0 Å². The summed E-state index contributed by atoms with van der Waals surface area (Å²) in [6.07, 6.45) is 7.29. The molecule has 0 unspecified atom stereocenters. The van der Waals surface area contributed by atoms with Crippen molar-refractivity contribution in [3.8, 4) is 0 Å². The average molecular weight is 286 g/mol. The van der Waals surface area contributed by atoms with Crippen LogP contribution in [0.2, 0.25) is 0 Å². The van der Waals surface area contributed by atoms with Crippen molar-refractivity contribution in [2.75, 3.05) is 18.8 Å². The molecule has 0 aromatic carbocycles. The second-order valence-corrected chi connectivity index (χ2v) is 8.81. The molecule has 0 heterocycles. The van der Waals surface area contributed by atoms with Gasteiger partial charge in [0.25, 0.3) is 0 Å². The van der Waals surface area contributed by atoms with Crippen molar-refractivity contribution in [1.82, 2.24) is 10.0 Å². The van der Waals surface area contributed by atoms with Gasteiger partial charge in [0.1, 0.15) is 0 Å². The van der Waals surface area contributed by atoms with E-state index in [0.717, 1.165) is 43.6 Å². The number of hydrogen-bond acceptors (Lipinski definition) is 3. The Labute approximate surface area is 116 Å². The van der Waals surface area contributed by atoms with Gasteiger partial charge >= 0.3 is 0 Å². The summed E-state index contributed by atoms with van der Waals surface area (Å²) in [5.41, 5.74) is -0.0835. The van der Waals surface area contributed by atoms with E-state index >= 15 is 0 Å². The molecule has 0 spiro atoms. The van der Waals surface area contributed by atoms with Gasteiger partial charge in [0.15, 0.2) is 0 Å². The minimum absolute atomic E-state index is 0.0835. The summed E-state index contributed by atoms with van der Waals surface area (Å²) in [7, 11) is -3.13. The lowest BCUT2D eigenvalue weighted by Gasteiger charge is -2.56. The number of nitrogens with one attached hydrogen (secondary N) is 2. The van der Waals surface area contributed by atoms with Gasteiger partial charge in [-0.1, -0.05) is 6.92 Å². The maximum atomic E-state index is 12.2. The van der Waals surface area contributed by atoms with Crippen molar-refractivity contribution in [3.05, 3.63) is 0 Å². The SMILES string of the molecule is CCNCCS(=O)(=O)NC12CC3CC(CC(C3)C1)C2. The van der Waals surface area contributed by atoms with Crippen LogP contribution in [0, 0.1) is 17.8 Å². The lowest BCUT2D eigenvalue weighted by molar-refractivity contribution is -0.00809. The van der Waals surface area contributed by atoms with Crippen molar-refractivity contribution in [1.29, 1.82) is 0 Å². The first-order chi connectivity index (χ1) is 9.00. The van der Waals surface area contributed by atoms with E-state index in [1.807, 2.05) is 6.92 Å². The van der Waals surface area contributed by atoms with E-state index in [9.17, 15) is 8.42 Å². The van der Waals surface area contributed by atoms with E-state index < -0.39 is 10.0 Å². The minimum atomic E-state index is -3.13. The Morgan fingerprint density at radius 1 is 1.05 bits per heavy atom. The molecule has 0 aromatic rings. The highest BCUT2D eigenvalue weighted by molar-refractivity contribution is 7.89. The van der Waals surface area contributed by atoms with E-state index in [0.29, 0.717) is 6.54 Å². The summed E-state index contributed by atoms with van der Waals surface area (Å²) in [5, 5.41) is 3.09. The van der Waals surface area contributed by atoms with Crippen LogP contribution in [-0.2, 0) is 10.0 Å². The zero-order chi connectivity index (χ0) is 13.5. The van der Waals surface area contributed by atoms with Crippen LogP contribution in [0.5, 0.6) is 0 Å². The normalized spacial score (nSPS) is 40.8. The molecule has 4 fully saturated rings. The second-order valence-electron chi connectivity index (χ2n) is 6.97. The Hall–Kier alpha value is -0.130. The summed E-state index contributed by atoms with van der Waals surface area (Å²) >= 11 is 0. The van der Waals surface area contributed by atoms with Gasteiger partial charge in [-0.2, -0.15) is 0 Å².